The summed E-state index contributed by atoms with van der Waals surface area (Å²) in [7, 11) is 0. The molecule has 0 bridgehead atoms. The van der Waals surface area contributed by atoms with E-state index in [4.69, 9.17) is 9.47 Å². The minimum atomic E-state index is -0.471. The second-order valence-electron chi connectivity index (χ2n) is 7.05. The Morgan fingerprint density at radius 2 is 2.17 bits per heavy atom. The summed E-state index contributed by atoms with van der Waals surface area (Å²) < 4.78 is 11.5. The molecule has 1 amide bonds. The molecule has 2 rings (SSSR count). The second-order valence-corrected chi connectivity index (χ2v) is 7.05. The van der Waals surface area contributed by atoms with E-state index in [1.165, 1.54) is 0 Å². The van der Waals surface area contributed by atoms with Gasteiger partial charge in [-0.2, -0.15) is 0 Å². The minimum Gasteiger partial charge on any atom is -0.444 e. The first-order valence-corrected chi connectivity index (χ1v) is 8.39. The number of ether oxygens (including phenoxy) is 2. The normalized spacial score (nSPS) is 20.2. The highest BCUT2D eigenvalue weighted by Crippen LogP contribution is 2.23. The van der Waals surface area contributed by atoms with Crippen LogP contribution >= 0.6 is 0 Å². The number of pyridine rings is 1. The molecule has 23 heavy (non-hydrogen) atoms. The number of nitrogens with zero attached hydrogens (tertiary/aromatic N) is 2. The number of rotatable bonds is 4. The Kier molecular flexibility index (Phi) is 5.99. The van der Waals surface area contributed by atoms with Gasteiger partial charge < -0.3 is 14.4 Å². The average molecular weight is 320 g/mol. The van der Waals surface area contributed by atoms with Crippen LogP contribution in [0.4, 0.5) is 4.79 Å². The number of hydrogen-bond acceptors (Lipinski definition) is 4. The van der Waals surface area contributed by atoms with E-state index in [1.54, 1.807) is 6.20 Å². The highest BCUT2D eigenvalue weighted by atomic mass is 16.6. The fourth-order valence-corrected chi connectivity index (χ4v) is 2.69. The van der Waals surface area contributed by atoms with Gasteiger partial charge in [-0.25, -0.2) is 4.79 Å². The van der Waals surface area contributed by atoms with Gasteiger partial charge in [0.25, 0.3) is 0 Å². The molecule has 0 unspecified atom stereocenters. The molecule has 5 heteroatoms. The maximum absolute atomic E-state index is 12.4. The first-order valence-electron chi connectivity index (χ1n) is 8.39. The predicted octanol–water partition coefficient (Wildman–Crippen LogP) is 3.95. The molecular formula is C18H28N2O3. The third-order valence-corrected chi connectivity index (χ3v) is 3.90. The van der Waals surface area contributed by atoms with Crippen molar-refractivity contribution in [2.45, 2.75) is 64.7 Å². The third-order valence-electron chi connectivity index (χ3n) is 3.90. The van der Waals surface area contributed by atoms with Crippen molar-refractivity contribution >= 4 is 6.09 Å². The Balaban J connectivity index is 1.92. The Bertz CT molecular complexity index is 499. The van der Waals surface area contributed by atoms with Crippen molar-refractivity contribution < 1.29 is 14.3 Å². The zero-order chi connectivity index (χ0) is 16.9. The van der Waals surface area contributed by atoms with Crippen molar-refractivity contribution in [2.75, 3.05) is 13.2 Å². The monoisotopic (exact) mass is 320 g/mol. The summed E-state index contributed by atoms with van der Waals surface area (Å²) in [4.78, 5) is 18.5. The number of aromatic nitrogens is 1. The summed E-state index contributed by atoms with van der Waals surface area (Å²) in [5, 5.41) is 0. The van der Waals surface area contributed by atoms with Gasteiger partial charge in [0, 0.05) is 12.7 Å². The molecule has 0 spiro atoms. The van der Waals surface area contributed by atoms with Crippen molar-refractivity contribution in [1.29, 1.82) is 0 Å². The number of piperidine rings is 1. The highest BCUT2D eigenvalue weighted by molar-refractivity contribution is 5.68. The molecule has 1 aromatic rings. The maximum atomic E-state index is 12.4. The van der Waals surface area contributed by atoms with Gasteiger partial charge in [0.2, 0.25) is 0 Å². The predicted molar refractivity (Wildman–Crippen MR) is 89.2 cm³/mol. The van der Waals surface area contributed by atoms with Crippen molar-refractivity contribution in [3.8, 4) is 0 Å². The van der Waals surface area contributed by atoms with Gasteiger partial charge in [0.05, 0.1) is 24.4 Å². The van der Waals surface area contributed by atoms with Gasteiger partial charge in [-0.1, -0.05) is 6.07 Å². The summed E-state index contributed by atoms with van der Waals surface area (Å²) >= 11 is 0. The Morgan fingerprint density at radius 3 is 2.83 bits per heavy atom. The zero-order valence-corrected chi connectivity index (χ0v) is 14.6. The molecule has 128 valence electrons. The lowest BCUT2D eigenvalue weighted by atomic mass is 10.0. The van der Waals surface area contributed by atoms with Crippen LogP contribution in [0.15, 0.2) is 24.4 Å². The van der Waals surface area contributed by atoms with Gasteiger partial charge in [-0.15, -0.1) is 0 Å². The zero-order valence-electron chi connectivity index (χ0n) is 14.6. The molecule has 0 aromatic carbocycles. The van der Waals surface area contributed by atoms with E-state index in [2.05, 4.69) is 4.98 Å². The van der Waals surface area contributed by atoms with Crippen LogP contribution in [0, 0.1) is 0 Å². The van der Waals surface area contributed by atoms with E-state index in [1.807, 2.05) is 50.8 Å². The van der Waals surface area contributed by atoms with E-state index < -0.39 is 5.60 Å². The Morgan fingerprint density at radius 1 is 1.39 bits per heavy atom. The van der Waals surface area contributed by atoms with Gasteiger partial charge in [-0.05, 0) is 59.1 Å². The molecule has 1 fully saturated rings. The summed E-state index contributed by atoms with van der Waals surface area (Å²) in [6.45, 7) is 8.91. The first kappa shape index (κ1) is 17.7. The molecular weight excluding hydrogens is 292 g/mol. The quantitative estimate of drug-likeness (QED) is 0.843. The molecule has 0 aliphatic carbocycles. The molecule has 1 saturated heterocycles. The average Bonchev–Trinajstić information content (AvgIpc) is 2.52. The number of carbonyl (C=O) groups excluding carboxylic acids is 1. The second kappa shape index (κ2) is 7.77. The largest absolute Gasteiger partial charge is 0.444 e. The molecule has 0 radical (unpaired) electrons. The van der Waals surface area contributed by atoms with Gasteiger partial charge in [0.1, 0.15) is 5.60 Å². The number of amides is 1. The smallest absolute Gasteiger partial charge is 0.410 e. The molecule has 0 saturated carbocycles. The molecule has 5 nitrogen and oxygen atoms in total. The van der Waals surface area contributed by atoms with Crippen molar-refractivity contribution in [3.05, 3.63) is 30.1 Å². The van der Waals surface area contributed by atoms with Crippen LogP contribution in [0.25, 0.3) is 0 Å². The highest BCUT2D eigenvalue weighted by Gasteiger charge is 2.31. The lowest BCUT2D eigenvalue weighted by molar-refractivity contribution is -0.0218. The molecule has 1 aromatic heterocycles. The summed E-state index contributed by atoms with van der Waals surface area (Å²) in [5.74, 6) is 0. The van der Waals surface area contributed by atoms with Crippen LogP contribution in [-0.2, 0) is 9.47 Å². The van der Waals surface area contributed by atoms with Gasteiger partial charge in [0.15, 0.2) is 0 Å². The summed E-state index contributed by atoms with van der Waals surface area (Å²) in [6.07, 6.45) is 4.53. The van der Waals surface area contributed by atoms with Crippen LogP contribution in [-0.4, -0.2) is 40.8 Å². The number of carbonyl (C=O) groups is 1. The van der Waals surface area contributed by atoms with E-state index in [9.17, 15) is 4.79 Å². The molecule has 1 aliphatic rings. The van der Waals surface area contributed by atoms with Crippen LogP contribution in [0.3, 0.4) is 0 Å². The molecule has 2 atom stereocenters. The fraction of sp³-hybridized carbons (Fsp3) is 0.667. The lowest BCUT2D eigenvalue weighted by Gasteiger charge is -2.37. The van der Waals surface area contributed by atoms with Gasteiger partial charge >= 0.3 is 6.09 Å². The first-order chi connectivity index (χ1) is 10.9. The van der Waals surface area contributed by atoms with Crippen molar-refractivity contribution in [3.63, 3.8) is 0 Å². The lowest BCUT2D eigenvalue weighted by Crippen LogP contribution is -2.48. The topological polar surface area (TPSA) is 51.7 Å². The minimum absolute atomic E-state index is 0.0739. The SMILES string of the molecule is C[C@@H](OC[C@H]1CCCCN1C(=O)OC(C)(C)C)c1ccccn1. The third kappa shape index (κ3) is 5.50. The van der Waals surface area contributed by atoms with Crippen LogP contribution in [0.2, 0.25) is 0 Å². The summed E-state index contributed by atoms with van der Waals surface area (Å²) in [6, 6.07) is 5.87. The fourth-order valence-electron chi connectivity index (χ4n) is 2.69. The van der Waals surface area contributed by atoms with Gasteiger partial charge in [-0.3, -0.25) is 4.98 Å². The maximum Gasteiger partial charge on any atom is 0.410 e. The van der Waals surface area contributed by atoms with E-state index in [-0.39, 0.29) is 18.2 Å². The van der Waals surface area contributed by atoms with Crippen molar-refractivity contribution in [1.82, 2.24) is 9.88 Å². The number of likely N-dealkylation sites (tertiary alicyclic amines) is 1. The van der Waals surface area contributed by atoms with Crippen molar-refractivity contribution in [2.24, 2.45) is 0 Å². The van der Waals surface area contributed by atoms with Crippen LogP contribution < -0.4 is 0 Å². The summed E-state index contributed by atoms with van der Waals surface area (Å²) in [5.41, 5.74) is 0.438. The van der Waals surface area contributed by atoms with E-state index >= 15 is 0 Å². The Labute approximate surface area is 139 Å². The van der Waals surface area contributed by atoms with E-state index in [0.717, 1.165) is 31.5 Å². The standard InChI is InChI=1S/C18H28N2O3/c1-14(16-10-5-7-11-19-16)22-13-15-9-6-8-12-20(15)17(21)23-18(2,3)4/h5,7,10-11,14-15H,6,8-9,12-13H2,1-4H3/t14-,15-/m1/s1. The number of hydrogen-bond donors (Lipinski definition) is 0. The van der Waals surface area contributed by atoms with Crippen LogP contribution in [0.1, 0.15) is 58.8 Å². The molecule has 2 heterocycles. The molecule has 1 aliphatic heterocycles. The Hall–Kier alpha value is -1.62. The van der Waals surface area contributed by atoms with E-state index in [0.29, 0.717) is 6.61 Å². The molecule has 0 N–H and O–H groups in total. The van der Waals surface area contributed by atoms with Crippen LogP contribution in [0.5, 0.6) is 0 Å².